The number of nitrogens with one attached hydrogen (secondary N) is 1. The van der Waals surface area contributed by atoms with E-state index in [1.807, 2.05) is 0 Å². The van der Waals surface area contributed by atoms with Gasteiger partial charge in [0.1, 0.15) is 0 Å². The van der Waals surface area contributed by atoms with Gasteiger partial charge >= 0.3 is 0 Å². The van der Waals surface area contributed by atoms with E-state index in [0.717, 1.165) is 19.4 Å². The van der Waals surface area contributed by atoms with Crippen molar-refractivity contribution in [3.05, 3.63) is 0 Å². The molecule has 1 aliphatic rings. The SMILES string of the molecule is CCCOC(C)CC(C)(CO)NC1CC1. The molecule has 0 amide bonds. The van der Waals surface area contributed by atoms with Crippen LogP contribution in [0.25, 0.3) is 0 Å². The quantitative estimate of drug-likeness (QED) is 0.647. The number of hydrogen-bond acceptors (Lipinski definition) is 3. The molecule has 2 N–H and O–H groups in total. The highest BCUT2D eigenvalue weighted by Crippen LogP contribution is 2.25. The number of ether oxygens (including phenoxy) is 1. The molecule has 3 heteroatoms. The summed E-state index contributed by atoms with van der Waals surface area (Å²) in [5.74, 6) is 0. The Labute approximate surface area is 93.2 Å². The summed E-state index contributed by atoms with van der Waals surface area (Å²) in [5.41, 5.74) is -0.172. The lowest BCUT2D eigenvalue weighted by Gasteiger charge is -2.31. The summed E-state index contributed by atoms with van der Waals surface area (Å²) in [5, 5.41) is 12.9. The first-order chi connectivity index (χ1) is 7.09. The summed E-state index contributed by atoms with van der Waals surface area (Å²) in [6.07, 6.45) is 4.64. The third kappa shape index (κ3) is 4.96. The predicted molar refractivity (Wildman–Crippen MR) is 62.0 cm³/mol. The second kappa shape index (κ2) is 5.83. The molecule has 0 spiro atoms. The van der Waals surface area contributed by atoms with E-state index >= 15 is 0 Å². The molecule has 0 aliphatic heterocycles. The average molecular weight is 215 g/mol. The molecule has 1 fully saturated rings. The molecule has 0 heterocycles. The Kier molecular flexibility index (Phi) is 5.03. The Bertz CT molecular complexity index is 182. The lowest BCUT2D eigenvalue weighted by Crippen LogP contribution is -2.49. The van der Waals surface area contributed by atoms with Crippen LogP contribution < -0.4 is 5.32 Å². The van der Waals surface area contributed by atoms with Crippen molar-refractivity contribution in [1.29, 1.82) is 0 Å². The van der Waals surface area contributed by atoms with Crippen LogP contribution in [0.5, 0.6) is 0 Å². The molecule has 0 aromatic rings. The highest BCUT2D eigenvalue weighted by atomic mass is 16.5. The van der Waals surface area contributed by atoms with Gasteiger partial charge in [-0.05, 0) is 39.5 Å². The van der Waals surface area contributed by atoms with Crippen molar-refractivity contribution in [2.24, 2.45) is 0 Å². The Hall–Kier alpha value is -0.120. The van der Waals surface area contributed by atoms with Crippen molar-refractivity contribution in [3.63, 3.8) is 0 Å². The molecule has 2 atom stereocenters. The Morgan fingerprint density at radius 2 is 2.20 bits per heavy atom. The number of rotatable bonds is 8. The van der Waals surface area contributed by atoms with Gasteiger partial charge in [0.05, 0.1) is 12.7 Å². The Morgan fingerprint density at radius 1 is 1.53 bits per heavy atom. The maximum absolute atomic E-state index is 9.42. The minimum absolute atomic E-state index is 0.172. The lowest BCUT2D eigenvalue weighted by molar-refractivity contribution is 0.0280. The molecule has 0 saturated heterocycles. The maximum Gasteiger partial charge on any atom is 0.0611 e. The van der Waals surface area contributed by atoms with Gasteiger partial charge in [-0.25, -0.2) is 0 Å². The van der Waals surface area contributed by atoms with Crippen LogP contribution >= 0.6 is 0 Å². The normalized spacial score (nSPS) is 22.4. The van der Waals surface area contributed by atoms with Gasteiger partial charge in [0, 0.05) is 18.2 Å². The van der Waals surface area contributed by atoms with Crippen molar-refractivity contribution in [2.75, 3.05) is 13.2 Å². The monoisotopic (exact) mass is 215 g/mol. The first-order valence-electron chi connectivity index (χ1n) is 6.10. The molecule has 0 radical (unpaired) electrons. The third-order valence-corrected chi connectivity index (χ3v) is 2.82. The summed E-state index contributed by atoms with van der Waals surface area (Å²) in [7, 11) is 0. The minimum Gasteiger partial charge on any atom is -0.394 e. The van der Waals surface area contributed by atoms with Gasteiger partial charge in [0.15, 0.2) is 0 Å². The van der Waals surface area contributed by atoms with Crippen LogP contribution in [0.3, 0.4) is 0 Å². The predicted octanol–water partition coefficient (Wildman–Crippen LogP) is 1.69. The van der Waals surface area contributed by atoms with Crippen LogP contribution in [0.2, 0.25) is 0 Å². The van der Waals surface area contributed by atoms with E-state index in [0.29, 0.717) is 6.04 Å². The van der Waals surface area contributed by atoms with Gasteiger partial charge in [-0.3, -0.25) is 0 Å². The number of aliphatic hydroxyl groups is 1. The van der Waals surface area contributed by atoms with E-state index in [4.69, 9.17) is 4.74 Å². The van der Waals surface area contributed by atoms with E-state index in [2.05, 4.69) is 26.1 Å². The molecule has 0 aromatic carbocycles. The molecule has 90 valence electrons. The molecule has 3 nitrogen and oxygen atoms in total. The zero-order valence-electron chi connectivity index (χ0n) is 10.3. The van der Waals surface area contributed by atoms with Crippen molar-refractivity contribution < 1.29 is 9.84 Å². The molecule has 1 saturated carbocycles. The maximum atomic E-state index is 9.42. The van der Waals surface area contributed by atoms with E-state index in [-0.39, 0.29) is 18.2 Å². The molecule has 0 aromatic heterocycles. The molecule has 1 aliphatic carbocycles. The third-order valence-electron chi connectivity index (χ3n) is 2.82. The Balaban J connectivity index is 2.29. The van der Waals surface area contributed by atoms with Crippen LogP contribution in [0.1, 0.15) is 46.5 Å². The van der Waals surface area contributed by atoms with Gasteiger partial charge in [0.2, 0.25) is 0 Å². The van der Waals surface area contributed by atoms with E-state index in [1.54, 1.807) is 0 Å². The van der Waals surface area contributed by atoms with Crippen molar-refractivity contribution >= 4 is 0 Å². The number of hydrogen-bond donors (Lipinski definition) is 2. The van der Waals surface area contributed by atoms with Crippen LogP contribution in [-0.4, -0.2) is 36.0 Å². The standard InChI is InChI=1S/C12H25NO2/c1-4-7-15-10(2)8-12(3,9-14)13-11-5-6-11/h10-11,13-14H,4-9H2,1-3H3. The first-order valence-corrected chi connectivity index (χ1v) is 6.10. The van der Waals surface area contributed by atoms with Gasteiger partial charge < -0.3 is 15.2 Å². The zero-order chi connectivity index (χ0) is 11.3. The van der Waals surface area contributed by atoms with Gasteiger partial charge in [0.25, 0.3) is 0 Å². The second-order valence-electron chi connectivity index (χ2n) is 5.02. The largest absolute Gasteiger partial charge is 0.394 e. The second-order valence-corrected chi connectivity index (χ2v) is 5.02. The molecule has 2 unspecified atom stereocenters. The lowest BCUT2D eigenvalue weighted by atomic mass is 9.95. The van der Waals surface area contributed by atoms with E-state index in [9.17, 15) is 5.11 Å². The van der Waals surface area contributed by atoms with Gasteiger partial charge in [-0.2, -0.15) is 0 Å². The first kappa shape index (κ1) is 12.9. The molecule has 15 heavy (non-hydrogen) atoms. The molecular formula is C12H25NO2. The molecular weight excluding hydrogens is 190 g/mol. The van der Waals surface area contributed by atoms with Crippen LogP contribution in [0, 0.1) is 0 Å². The van der Waals surface area contributed by atoms with E-state index < -0.39 is 0 Å². The highest BCUT2D eigenvalue weighted by molar-refractivity contribution is 4.93. The van der Waals surface area contributed by atoms with Gasteiger partial charge in [-0.1, -0.05) is 6.92 Å². The Morgan fingerprint density at radius 3 is 2.67 bits per heavy atom. The van der Waals surface area contributed by atoms with E-state index in [1.165, 1.54) is 12.8 Å². The van der Waals surface area contributed by atoms with Crippen LogP contribution in [0.4, 0.5) is 0 Å². The fourth-order valence-corrected chi connectivity index (χ4v) is 1.90. The average Bonchev–Trinajstić information content (AvgIpc) is 2.98. The number of aliphatic hydroxyl groups excluding tert-OH is 1. The van der Waals surface area contributed by atoms with Crippen LogP contribution in [0.15, 0.2) is 0 Å². The summed E-state index contributed by atoms with van der Waals surface area (Å²) >= 11 is 0. The fraction of sp³-hybridized carbons (Fsp3) is 1.00. The van der Waals surface area contributed by atoms with Crippen molar-refractivity contribution in [3.8, 4) is 0 Å². The highest BCUT2D eigenvalue weighted by Gasteiger charge is 2.33. The fourth-order valence-electron chi connectivity index (χ4n) is 1.90. The summed E-state index contributed by atoms with van der Waals surface area (Å²) in [4.78, 5) is 0. The molecule has 1 rings (SSSR count). The van der Waals surface area contributed by atoms with Gasteiger partial charge in [-0.15, -0.1) is 0 Å². The molecule has 0 bridgehead atoms. The summed E-state index contributed by atoms with van der Waals surface area (Å²) in [6.45, 7) is 7.27. The zero-order valence-corrected chi connectivity index (χ0v) is 10.3. The van der Waals surface area contributed by atoms with Crippen LogP contribution in [-0.2, 0) is 4.74 Å². The summed E-state index contributed by atoms with van der Waals surface area (Å²) in [6, 6.07) is 0.625. The van der Waals surface area contributed by atoms with Crippen molar-refractivity contribution in [1.82, 2.24) is 5.32 Å². The smallest absolute Gasteiger partial charge is 0.0611 e. The minimum atomic E-state index is -0.172. The summed E-state index contributed by atoms with van der Waals surface area (Å²) < 4.78 is 5.64. The topological polar surface area (TPSA) is 41.5 Å². The van der Waals surface area contributed by atoms with Crippen molar-refractivity contribution in [2.45, 2.75) is 64.1 Å².